The maximum Gasteiger partial charge on any atom is 0.269 e. The molecule has 0 aromatic heterocycles. The summed E-state index contributed by atoms with van der Waals surface area (Å²) in [6, 6.07) is 5.18. The smallest absolute Gasteiger partial charge is 0.269 e. The number of aryl methyl sites for hydroxylation is 1. The van der Waals surface area contributed by atoms with Crippen molar-refractivity contribution < 1.29 is 10.0 Å². The number of nitro benzene ring substituents is 1. The van der Waals surface area contributed by atoms with Gasteiger partial charge in [-0.25, -0.2) is 0 Å². The zero-order chi connectivity index (χ0) is 15.2. The lowest BCUT2D eigenvalue weighted by Gasteiger charge is -2.31. The van der Waals surface area contributed by atoms with Gasteiger partial charge in [0, 0.05) is 37.5 Å². The highest BCUT2D eigenvalue weighted by Crippen LogP contribution is 2.30. The lowest BCUT2D eigenvalue weighted by atomic mass is 10.0. The zero-order valence-corrected chi connectivity index (χ0v) is 12.5. The predicted octanol–water partition coefficient (Wildman–Crippen LogP) is 1.66. The summed E-state index contributed by atoms with van der Waals surface area (Å²) in [6.07, 6.45) is 2.98. The van der Waals surface area contributed by atoms with Crippen molar-refractivity contribution in [2.24, 2.45) is 0 Å². The Morgan fingerprint density at radius 1 is 1.43 bits per heavy atom. The van der Waals surface area contributed by atoms with E-state index in [1.54, 1.807) is 12.1 Å². The van der Waals surface area contributed by atoms with E-state index in [4.69, 9.17) is 5.11 Å². The molecule has 2 rings (SSSR count). The van der Waals surface area contributed by atoms with Crippen LogP contribution in [0.4, 0.5) is 11.4 Å². The Morgan fingerprint density at radius 2 is 2.24 bits per heavy atom. The van der Waals surface area contributed by atoms with Crippen molar-refractivity contribution in [3.05, 3.63) is 33.9 Å². The van der Waals surface area contributed by atoms with Crippen LogP contribution in [0.15, 0.2) is 18.2 Å². The van der Waals surface area contributed by atoms with Crippen molar-refractivity contribution in [2.75, 3.05) is 44.7 Å². The average Bonchev–Trinajstić information content (AvgIpc) is 2.47. The number of hydrogen-bond donors (Lipinski definition) is 1. The molecule has 1 N–H and O–H groups in total. The Bertz CT molecular complexity index is 493. The van der Waals surface area contributed by atoms with Gasteiger partial charge in [-0.3, -0.25) is 10.1 Å². The summed E-state index contributed by atoms with van der Waals surface area (Å²) in [7, 11) is 2.00. The van der Waals surface area contributed by atoms with E-state index in [0.29, 0.717) is 6.54 Å². The Hall–Kier alpha value is -1.66. The van der Waals surface area contributed by atoms with E-state index in [2.05, 4.69) is 9.80 Å². The lowest BCUT2D eigenvalue weighted by Crippen LogP contribution is -2.33. The second-order valence-electron chi connectivity index (χ2n) is 5.54. The summed E-state index contributed by atoms with van der Waals surface area (Å²) >= 11 is 0. The van der Waals surface area contributed by atoms with Crippen LogP contribution in [0.3, 0.4) is 0 Å². The van der Waals surface area contributed by atoms with E-state index >= 15 is 0 Å². The van der Waals surface area contributed by atoms with Gasteiger partial charge in [0.05, 0.1) is 11.5 Å². The maximum absolute atomic E-state index is 10.8. The minimum atomic E-state index is -0.330. The summed E-state index contributed by atoms with van der Waals surface area (Å²) < 4.78 is 0. The summed E-state index contributed by atoms with van der Waals surface area (Å²) in [6.45, 7) is 3.78. The van der Waals surface area contributed by atoms with Crippen LogP contribution in [0.1, 0.15) is 18.4 Å². The second-order valence-corrected chi connectivity index (χ2v) is 5.54. The molecule has 0 aliphatic carbocycles. The van der Waals surface area contributed by atoms with Crippen LogP contribution in [0.5, 0.6) is 0 Å². The number of rotatable bonds is 7. The molecule has 0 bridgehead atoms. The molecule has 1 heterocycles. The van der Waals surface area contributed by atoms with Crippen molar-refractivity contribution in [3.8, 4) is 0 Å². The number of nitro groups is 1. The van der Waals surface area contributed by atoms with Gasteiger partial charge in [0.2, 0.25) is 0 Å². The van der Waals surface area contributed by atoms with Crippen molar-refractivity contribution in [2.45, 2.75) is 19.3 Å². The highest BCUT2D eigenvalue weighted by atomic mass is 16.6. The lowest BCUT2D eigenvalue weighted by molar-refractivity contribution is -0.384. The van der Waals surface area contributed by atoms with Gasteiger partial charge in [-0.05, 0) is 44.5 Å². The fourth-order valence-corrected chi connectivity index (χ4v) is 2.82. The van der Waals surface area contributed by atoms with Gasteiger partial charge < -0.3 is 14.9 Å². The molecule has 1 aliphatic rings. The summed E-state index contributed by atoms with van der Waals surface area (Å²) in [5.74, 6) is 0. The SMILES string of the molecule is CN(CCO)CCCN1CCCc2cc([N+](=O)[O-])ccc21. The van der Waals surface area contributed by atoms with Crippen molar-refractivity contribution >= 4 is 11.4 Å². The Balaban J connectivity index is 1.97. The van der Waals surface area contributed by atoms with Crippen LogP contribution in [0.2, 0.25) is 0 Å². The summed E-state index contributed by atoms with van der Waals surface area (Å²) in [5.41, 5.74) is 2.40. The average molecular weight is 293 g/mol. The van der Waals surface area contributed by atoms with Gasteiger partial charge in [-0.1, -0.05) is 0 Å². The molecule has 0 fully saturated rings. The van der Waals surface area contributed by atoms with E-state index in [-0.39, 0.29) is 17.2 Å². The van der Waals surface area contributed by atoms with Crippen LogP contribution in [0.25, 0.3) is 0 Å². The molecule has 116 valence electrons. The first-order valence-corrected chi connectivity index (χ1v) is 7.43. The van der Waals surface area contributed by atoms with Gasteiger partial charge in [0.25, 0.3) is 5.69 Å². The molecular formula is C15H23N3O3. The van der Waals surface area contributed by atoms with Crippen molar-refractivity contribution in [1.29, 1.82) is 0 Å². The topological polar surface area (TPSA) is 69.8 Å². The maximum atomic E-state index is 10.8. The van der Waals surface area contributed by atoms with Gasteiger partial charge in [0.15, 0.2) is 0 Å². The minimum Gasteiger partial charge on any atom is -0.395 e. The molecule has 1 aromatic rings. The molecule has 0 radical (unpaired) electrons. The Kier molecular flexibility index (Phi) is 5.52. The molecule has 0 saturated carbocycles. The molecule has 21 heavy (non-hydrogen) atoms. The van der Waals surface area contributed by atoms with Crippen LogP contribution < -0.4 is 4.90 Å². The highest BCUT2D eigenvalue weighted by molar-refractivity contribution is 5.59. The molecule has 6 nitrogen and oxygen atoms in total. The van der Waals surface area contributed by atoms with Crippen molar-refractivity contribution in [1.82, 2.24) is 4.90 Å². The molecule has 0 unspecified atom stereocenters. The van der Waals surface area contributed by atoms with Crippen LogP contribution in [-0.2, 0) is 6.42 Å². The van der Waals surface area contributed by atoms with Gasteiger partial charge in [0.1, 0.15) is 0 Å². The normalized spacial score (nSPS) is 14.3. The van der Waals surface area contributed by atoms with Crippen LogP contribution in [0, 0.1) is 10.1 Å². The third-order valence-electron chi connectivity index (χ3n) is 3.94. The number of anilines is 1. The fraction of sp³-hybridized carbons (Fsp3) is 0.600. The van der Waals surface area contributed by atoms with Gasteiger partial charge in [-0.2, -0.15) is 0 Å². The standard InChI is InChI=1S/C15H23N3O3/c1-16(10-11-19)7-3-9-17-8-2-4-13-12-14(18(20)21)5-6-15(13)17/h5-6,12,19H,2-4,7-11H2,1H3. The fourth-order valence-electron chi connectivity index (χ4n) is 2.82. The monoisotopic (exact) mass is 293 g/mol. The Labute approximate surface area is 125 Å². The number of benzene rings is 1. The molecule has 1 aliphatic heterocycles. The largest absolute Gasteiger partial charge is 0.395 e. The first kappa shape index (κ1) is 15.7. The minimum absolute atomic E-state index is 0.179. The molecule has 0 saturated heterocycles. The third-order valence-corrected chi connectivity index (χ3v) is 3.94. The van der Waals surface area contributed by atoms with E-state index in [0.717, 1.165) is 50.1 Å². The number of nitrogens with zero attached hydrogens (tertiary/aromatic N) is 3. The van der Waals surface area contributed by atoms with Crippen LogP contribution >= 0.6 is 0 Å². The number of non-ortho nitro benzene ring substituents is 1. The number of aliphatic hydroxyl groups excluding tert-OH is 1. The second kappa shape index (κ2) is 7.38. The molecule has 0 atom stereocenters. The molecule has 0 spiro atoms. The van der Waals surface area contributed by atoms with Crippen LogP contribution in [-0.4, -0.2) is 54.8 Å². The van der Waals surface area contributed by atoms with E-state index in [9.17, 15) is 10.1 Å². The number of hydrogen-bond acceptors (Lipinski definition) is 5. The molecule has 1 aromatic carbocycles. The van der Waals surface area contributed by atoms with E-state index < -0.39 is 0 Å². The Morgan fingerprint density at radius 3 is 2.95 bits per heavy atom. The predicted molar refractivity (Wildman–Crippen MR) is 82.8 cm³/mol. The molecule has 6 heteroatoms. The highest BCUT2D eigenvalue weighted by Gasteiger charge is 2.19. The first-order chi connectivity index (χ1) is 10.1. The summed E-state index contributed by atoms with van der Waals surface area (Å²) in [4.78, 5) is 14.9. The number of likely N-dealkylation sites (N-methyl/N-ethyl adjacent to an activating group) is 1. The third kappa shape index (κ3) is 4.15. The zero-order valence-electron chi connectivity index (χ0n) is 12.5. The van der Waals surface area contributed by atoms with Gasteiger partial charge in [-0.15, -0.1) is 0 Å². The molecular weight excluding hydrogens is 270 g/mol. The summed E-state index contributed by atoms with van der Waals surface area (Å²) in [5, 5.41) is 19.7. The number of fused-ring (bicyclic) bond motifs is 1. The quantitative estimate of drug-likeness (QED) is 0.611. The molecule has 0 amide bonds. The van der Waals surface area contributed by atoms with Gasteiger partial charge >= 0.3 is 0 Å². The van der Waals surface area contributed by atoms with Crippen molar-refractivity contribution in [3.63, 3.8) is 0 Å². The van der Waals surface area contributed by atoms with E-state index in [1.807, 2.05) is 13.1 Å². The van der Waals surface area contributed by atoms with E-state index in [1.165, 1.54) is 0 Å². The number of aliphatic hydroxyl groups is 1. The first-order valence-electron chi connectivity index (χ1n) is 7.43.